The van der Waals surface area contributed by atoms with Gasteiger partial charge < -0.3 is 9.47 Å². The van der Waals surface area contributed by atoms with Gasteiger partial charge in [-0.05, 0) is 106 Å². The predicted molar refractivity (Wildman–Crippen MR) is 246 cm³/mol. The standard InChI is InChI=1S/C55H36N2S/c1-3-15-39(16-4-1)56(42-32-33-46-45-21-9-13-25-51(45)57(52(46)36-42)40-17-5-2-6-18-40)41-30-27-37(28-31-41)55(49-23-11-7-19-43(49)44-20-8-12-24-50(44)55)38-29-34-54-48(35-38)47-22-10-14-26-53(47)58-54/h1-36H. The van der Waals surface area contributed by atoms with E-state index < -0.39 is 5.41 Å². The van der Waals surface area contributed by atoms with Crippen LogP contribution in [0.1, 0.15) is 22.3 Å². The SMILES string of the molecule is c1ccc(N(c2ccc(C3(c4ccc5sc6ccccc6c5c4)c4ccccc4-c4ccccc43)cc2)c2ccc3c4ccccc4n(-c4ccccc4)c3c2)cc1. The molecule has 2 nitrogen and oxygen atoms in total. The van der Waals surface area contributed by atoms with Crippen molar-refractivity contribution in [3.8, 4) is 16.8 Å². The van der Waals surface area contributed by atoms with E-state index in [9.17, 15) is 0 Å². The Morgan fingerprint density at radius 2 is 0.914 bits per heavy atom. The highest BCUT2D eigenvalue weighted by Gasteiger charge is 2.46. The van der Waals surface area contributed by atoms with Crippen molar-refractivity contribution < 1.29 is 0 Å². The van der Waals surface area contributed by atoms with Gasteiger partial charge in [0.1, 0.15) is 0 Å². The molecule has 0 radical (unpaired) electrons. The van der Waals surface area contributed by atoms with Gasteiger partial charge in [0.2, 0.25) is 0 Å². The lowest BCUT2D eigenvalue weighted by atomic mass is 9.67. The maximum atomic E-state index is 2.47. The molecule has 0 N–H and O–H groups in total. The summed E-state index contributed by atoms with van der Waals surface area (Å²) in [5, 5.41) is 5.12. The number of thiophene rings is 1. The third kappa shape index (κ3) is 4.78. The molecule has 0 saturated heterocycles. The highest BCUT2D eigenvalue weighted by atomic mass is 32.1. The van der Waals surface area contributed by atoms with Crippen molar-refractivity contribution in [2.75, 3.05) is 4.90 Å². The molecule has 0 unspecified atom stereocenters. The summed E-state index contributed by atoms with van der Waals surface area (Å²) in [5.74, 6) is 0. The molecule has 3 heteroatoms. The number of aromatic nitrogens is 1. The number of rotatable bonds is 6. The molecule has 9 aromatic carbocycles. The summed E-state index contributed by atoms with van der Waals surface area (Å²) in [6.07, 6.45) is 0. The van der Waals surface area contributed by atoms with Crippen LogP contribution in [0.3, 0.4) is 0 Å². The van der Waals surface area contributed by atoms with E-state index in [1.807, 2.05) is 11.3 Å². The van der Waals surface area contributed by atoms with E-state index in [1.54, 1.807) is 0 Å². The first-order valence-corrected chi connectivity index (χ1v) is 20.7. The van der Waals surface area contributed by atoms with Gasteiger partial charge in [0.05, 0.1) is 16.4 Å². The second kappa shape index (κ2) is 12.9. The van der Waals surface area contributed by atoms with Crippen LogP contribution < -0.4 is 4.90 Å². The minimum Gasteiger partial charge on any atom is -0.310 e. The van der Waals surface area contributed by atoms with Crippen molar-refractivity contribution in [2.24, 2.45) is 0 Å². The van der Waals surface area contributed by atoms with E-state index in [1.165, 1.54) is 75.4 Å². The van der Waals surface area contributed by atoms with Gasteiger partial charge in [-0.1, -0.05) is 146 Å². The van der Waals surface area contributed by atoms with Crippen LogP contribution in [0, 0.1) is 0 Å². The van der Waals surface area contributed by atoms with Gasteiger partial charge in [-0.25, -0.2) is 0 Å². The molecule has 12 rings (SSSR count). The molecule has 0 bridgehead atoms. The van der Waals surface area contributed by atoms with Gasteiger partial charge in [-0.15, -0.1) is 11.3 Å². The maximum Gasteiger partial charge on any atom is 0.0713 e. The third-order valence-corrected chi connectivity index (χ3v) is 13.4. The molecule has 58 heavy (non-hydrogen) atoms. The van der Waals surface area contributed by atoms with Gasteiger partial charge >= 0.3 is 0 Å². The largest absolute Gasteiger partial charge is 0.310 e. The summed E-state index contributed by atoms with van der Waals surface area (Å²) in [6.45, 7) is 0. The van der Waals surface area contributed by atoms with Crippen molar-refractivity contribution in [3.63, 3.8) is 0 Å². The lowest BCUT2D eigenvalue weighted by Crippen LogP contribution is -2.28. The first kappa shape index (κ1) is 33.0. The molecule has 0 atom stereocenters. The van der Waals surface area contributed by atoms with Crippen LogP contribution >= 0.6 is 11.3 Å². The third-order valence-electron chi connectivity index (χ3n) is 12.3. The number of hydrogen-bond donors (Lipinski definition) is 0. The molecule has 1 aliphatic carbocycles. The highest BCUT2D eigenvalue weighted by molar-refractivity contribution is 7.25. The Bertz CT molecular complexity index is 3290. The summed E-state index contributed by atoms with van der Waals surface area (Å²) in [6, 6.07) is 80.6. The number of anilines is 3. The molecule has 0 saturated carbocycles. The Balaban J connectivity index is 1.07. The van der Waals surface area contributed by atoms with Crippen molar-refractivity contribution in [1.82, 2.24) is 4.57 Å². The molecule has 2 aromatic heterocycles. The van der Waals surface area contributed by atoms with Crippen LogP contribution in [0.15, 0.2) is 218 Å². The van der Waals surface area contributed by atoms with Gasteiger partial charge in [0.25, 0.3) is 0 Å². The van der Waals surface area contributed by atoms with Crippen LogP contribution in [-0.2, 0) is 5.41 Å². The molecule has 0 aliphatic heterocycles. The fraction of sp³-hybridized carbons (Fsp3) is 0.0182. The zero-order valence-corrected chi connectivity index (χ0v) is 32.4. The van der Waals surface area contributed by atoms with Crippen molar-refractivity contribution >= 4 is 70.4 Å². The Hall–Kier alpha value is -7.20. The summed E-state index contributed by atoms with van der Waals surface area (Å²) >= 11 is 1.87. The predicted octanol–water partition coefficient (Wildman–Crippen LogP) is 15.0. The first-order valence-electron chi connectivity index (χ1n) is 19.9. The average molecular weight is 757 g/mol. The molecule has 0 fully saturated rings. The summed E-state index contributed by atoms with van der Waals surface area (Å²) < 4.78 is 5.03. The zero-order chi connectivity index (χ0) is 38.2. The number of benzene rings is 9. The Labute approximate surface area is 341 Å². The minimum atomic E-state index is -0.504. The monoisotopic (exact) mass is 756 g/mol. The van der Waals surface area contributed by atoms with Crippen LogP contribution in [0.4, 0.5) is 17.1 Å². The molecule has 272 valence electrons. The van der Waals surface area contributed by atoms with E-state index in [-0.39, 0.29) is 0 Å². The second-order valence-corrected chi connectivity index (χ2v) is 16.3. The number of para-hydroxylation sites is 3. The zero-order valence-electron chi connectivity index (χ0n) is 31.6. The van der Waals surface area contributed by atoms with E-state index in [0.29, 0.717) is 0 Å². The van der Waals surface area contributed by atoms with Crippen molar-refractivity contribution in [1.29, 1.82) is 0 Å². The molecule has 2 heterocycles. The van der Waals surface area contributed by atoms with Crippen molar-refractivity contribution in [2.45, 2.75) is 5.41 Å². The summed E-state index contributed by atoms with van der Waals surface area (Å²) in [5.41, 5.74) is 14.1. The Kier molecular flexibility index (Phi) is 7.35. The Morgan fingerprint density at radius 1 is 0.362 bits per heavy atom. The summed E-state index contributed by atoms with van der Waals surface area (Å²) in [7, 11) is 0. The quantitative estimate of drug-likeness (QED) is 0.164. The van der Waals surface area contributed by atoms with Crippen LogP contribution in [0.2, 0.25) is 0 Å². The molecule has 11 aromatic rings. The normalized spacial score (nSPS) is 13.0. The summed E-state index contributed by atoms with van der Waals surface area (Å²) in [4.78, 5) is 2.39. The molecular formula is C55H36N2S. The smallest absolute Gasteiger partial charge is 0.0713 e. The molecule has 0 amide bonds. The Morgan fingerprint density at radius 3 is 1.67 bits per heavy atom. The van der Waals surface area contributed by atoms with Gasteiger partial charge in [0.15, 0.2) is 0 Å². The topological polar surface area (TPSA) is 8.17 Å². The van der Waals surface area contributed by atoms with E-state index >= 15 is 0 Å². The van der Waals surface area contributed by atoms with Gasteiger partial charge in [-0.2, -0.15) is 0 Å². The van der Waals surface area contributed by atoms with Gasteiger partial charge in [0, 0.05) is 53.7 Å². The lowest BCUT2D eigenvalue weighted by molar-refractivity contribution is 0.770. The number of fused-ring (bicyclic) bond motifs is 9. The van der Waals surface area contributed by atoms with Crippen LogP contribution in [0.5, 0.6) is 0 Å². The highest BCUT2D eigenvalue weighted by Crippen LogP contribution is 2.57. The van der Waals surface area contributed by atoms with Crippen LogP contribution in [0.25, 0.3) is 58.8 Å². The second-order valence-electron chi connectivity index (χ2n) is 15.3. The molecule has 0 spiro atoms. The minimum absolute atomic E-state index is 0.504. The van der Waals surface area contributed by atoms with E-state index in [2.05, 4.69) is 228 Å². The molecule has 1 aliphatic rings. The van der Waals surface area contributed by atoms with Gasteiger partial charge in [-0.3, -0.25) is 0 Å². The average Bonchev–Trinajstić information content (AvgIpc) is 3.93. The number of nitrogens with zero attached hydrogens (tertiary/aromatic N) is 2. The maximum absolute atomic E-state index is 2.47. The number of hydrogen-bond acceptors (Lipinski definition) is 2. The lowest BCUT2D eigenvalue weighted by Gasteiger charge is -2.34. The van der Waals surface area contributed by atoms with Crippen molar-refractivity contribution in [3.05, 3.63) is 241 Å². The molecular weight excluding hydrogens is 721 g/mol. The fourth-order valence-corrected chi connectivity index (χ4v) is 10.9. The fourth-order valence-electron chi connectivity index (χ4n) is 9.82. The van der Waals surface area contributed by atoms with E-state index in [4.69, 9.17) is 0 Å². The van der Waals surface area contributed by atoms with E-state index in [0.717, 1.165) is 22.7 Å². The van der Waals surface area contributed by atoms with Crippen LogP contribution in [-0.4, -0.2) is 4.57 Å². The first-order chi connectivity index (χ1) is 28.8.